The summed E-state index contributed by atoms with van der Waals surface area (Å²) in [5, 5.41) is 28.5. The Kier molecular flexibility index (Phi) is 11.7. The average molecular weight is 648 g/mol. The molecule has 3 aromatic rings. The van der Waals surface area contributed by atoms with Gasteiger partial charge in [-0.3, -0.25) is 4.79 Å². The number of amides is 2. The number of carboxylic acid groups (broad SMARTS) is 1. The number of aryl methyl sites for hydroxylation is 1. The van der Waals surface area contributed by atoms with Crippen LogP contribution in [-0.2, 0) is 23.3 Å². The minimum atomic E-state index is -1.35. The Labute approximate surface area is 277 Å². The standard InChI is InChI=1S/C37H46ClN3O5/c1-2-26-7-3-8-29(23-26)34-32(10-4-11-33(34)38)37(45,18-6-19-39-36(43)44)30-9-5-20-41(25-30)35(42)28-14-12-27(13-15-28)24-40-31-16-21-46-22-17-31/h3-4,7-8,10-15,23,30-31,39-40,45H,2,5-6,9,16-22,24-25H2,1H3,(H,43,44). The molecule has 3 aromatic carbocycles. The second-order valence-corrected chi connectivity index (χ2v) is 12.9. The Bertz CT molecular complexity index is 1480. The zero-order chi connectivity index (χ0) is 32.5. The summed E-state index contributed by atoms with van der Waals surface area (Å²) in [4.78, 5) is 26.8. The van der Waals surface area contributed by atoms with Crippen LogP contribution in [0.5, 0.6) is 0 Å². The molecule has 2 aliphatic heterocycles. The van der Waals surface area contributed by atoms with Crippen molar-refractivity contribution in [2.24, 2.45) is 5.92 Å². The minimum Gasteiger partial charge on any atom is -0.465 e. The fourth-order valence-corrected chi connectivity index (χ4v) is 7.18. The van der Waals surface area contributed by atoms with Crippen LogP contribution >= 0.6 is 11.6 Å². The van der Waals surface area contributed by atoms with Crippen molar-refractivity contribution in [2.75, 3.05) is 32.8 Å². The molecule has 246 valence electrons. The summed E-state index contributed by atoms with van der Waals surface area (Å²) in [6.07, 6.45) is 4.01. The molecule has 2 amide bonds. The van der Waals surface area contributed by atoms with E-state index in [1.165, 1.54) is 0 Å². The second-order valence-electron chi connectivity index (χ2n) is 12.5. The van der Waals surface area contributed by atoms with E-state index < -0.39 is 11.7 Å². The number of nitrogens with one attached hydrogen (secondary N) is 2. The highest BCUT2D eigenvalue weighted by Crippen LogP contribution is 2.45. The third-order valence-electron chi connectivity index (χ3n) is 9.52. The molecule has 0 aromatic heterocycles. The summed E-state index contributed by atoms with van der Waals surface area (Å²) in [6.45, 7) is 5.64. The van der Waals surface area contributed by atoms with Crippen molar-refractivity contribution >= 4 is 23.6 Å². The van der Waals surface area contributed by atoms with Gasteiger partial charge >= 0.3 is 6.09 Å². The van der Waals surface area contributed by atoms with E-state index in [1.54, 1.807) is 0 Å². The van der Waals surface area contributed by atoms with Gasteiger partial charge in [0.25, 0.3) is 5.91 Å². The number of likely N-dealkylation sites (tertiary alicyclic amines) is 1. The minimum absolute atomic E-state index is 0.0505. The maximum atomic E-state index is 13.8. The SMILES string of the molecule is CCc1cccc(-c2c(Cl)cccc2C(O)(CCCNC(=O)O)C2CCCN(C(=O)c3ccc(CNC4CCOCC4)cc3)C2)c1. The van der Waals surface area contributed by atoms with Crippen molar-refractivity contribution in [3.8, 4) is 11.1 Å². The molecule has 46 heavy (non-hydrogen) atoms. The van der Waals surface area contributed by atoms with Gasteiger partial charge in [0.15, 0.2) is 0 Å². The normalized spacial score (nSPS) is 18.6. The van der Waals surface area contributed by atoms with E-state index in [-0.39, 0.29) is 18.4 Å². The predicted octanol–water partition coefficient (Wildman–Crippen LogP) is 6.63. The topological polar surface area (TPSA) is 111 Å². The predicted molar refractivity (Wildman–Crippen MR) is 181 cm³/mol. The number of hydrogen-bond donors (Lipinski definition) is 4. The van der Waals surface area contributed by atoms with Gasteiger partial charge in [0.2, 0.25) is 0 Å². The maximum Gasteiger partial charge on any atom is 0.404 e. The van der Waals surface area contributed by atoms with Crippen LogP contribution in [0.4, 0.5) is 4.79 Å². The number of carbonyl (C=O) groups is 2. The molecule has 2 heterocycles. The van der Waals surface area contributed by atoms with E-state index in [2.05, 4.69) is 29.7 Å². The lowest BCUT2D eigenvalue weighted by Crippen LogP contribution is -2.48. The molecule has 9 heteroatoms. The van der Waals surface area contributed by atoms with Crippen molar-refractivity contribution < 1.29 is 24.5 Å². The third-order valence-corrected chi connectivity index (χ3v) is 9.83. The monoisotopic (exact) mass is 647 g/mol. The van der Waals surface area contributed by atoms with Gasteiger partial charge < -0.3 is 30.5 Å². The number of hydrogen-bond acceptors (Lipinski definition) is 5. The molecule has 0 spiro atoms. The van der Waals surface area contributed by atoms with Crippen LogP contribution in [0.3, 0.4) is 0 Å². The van der Waals surface area contributed by atoms with Crippen LogP contribution in [-0.4, -0.2) is 66.0 Å². The van der Waals surface area contributed by atoms with E-state index in [0.29, 0.717) is 48.1 Å². The summed E-state index contributed by atoms with van der Waals surface area (Å²) >= 11 is 6.87. The smallest absolute Gasteiger partial charge is 0.404 e. The lowest BCUT2D eigenvalue weighted by atomic mass is 9.72. The number of carbonyl (C=O) groups excluding carboxylic acids is 1. The van der Waals surface area contributed by atoms with E-state index in [9.17, 15) is 14.7 Å². The van der Waals surface area contributed by atoms with Crippen LogP contribution < -0.4 is 10.6 Å². The summed E-state index contributed by atoms with van der Waals surface area (Å²) in [6, 6.07) is 22.1. The largest absolute Gasteiger partial charge is 0.465 e. The van der Waals surface area contributed by atoms with Gasteiger partial charge in [-0.15, -0.1) is 0 Å². The highest BCUT2D eigenvalue weighted by atomic mass is 35.5. The molecule has 4 N–H and O–H groups in total. The molecule has 0 bridgehead atoms. The van der Waals surface area contributed by atoms with Gasteiger partial charge in [-0.25, -0.2) is 4.79 Å². The Morgan fingerprint density at radius 1 is 1.02 bits per heavy atom. The summed E-state index contributed by atoms with van der Waals surface area (Å²) in [5.41, 5.74) is 4.00. The van der Waals surface area contributed by atoms with Crippen molar-refractivity contribution in [1.29, 1.82) is 0 Å². The molecule has 2 atom stereocenters. The van der Waals surface area contributed by atoms with Crippen LogP contribution in [0, 0.1) is 5.92 Å². The first kappa shape index (κ1) is 33.9. The molecule has 5 rings (SSSR count). The van der Waals surface area contributed by atoms with Crippen molar-refractivity contribution in [1.82, 2.24) is 15.5 Å². The molecular weight excluding hydrogens is 602 g/mol. The summed E-state index contributed by atoms with van der Waals surface area (Å²) in [7, 11) is 0. The highest BCUT2D eigenvalue weighted by Gasteiger charge is 2.43. The Balaban J connectivity index is 1.38. The summed E-state index contributed by atoms with van der Waals surface area (Å²) in [5.74, 6) is -0.324. The van der Waals surface area contributed by atoms with Crippen LogP contribution in [0.2, 0.25) is 5.02 Å². The first-order valence-electron chi connectivity index (χ1n) is 16.5. The lowest BCUT2D eigenvalue weighted by molar-refractivity contribution is -0.0563. The Hall–Kier alpha value is -3.43. The number of nitrogens with zero attached hydrogens (tertiary/aromatic N) is 1. The number of aliphatic hydroxyl groups is 1. The number of benzene rings is 3. The number of rotatable bonds is 12. The van der Waals surface area contributed by atoms with Gasteiger partial charge in [-0.2, -0.15) is 0 Å². The maximum absolute atomic E-state index is 13.8. The lowest BCUT2D eigenvalue weighted by Gasteiger charge is -2.44. The van der Waals surface area contributed by atoms with E-state index >= 15 is 0 Å². The van der Waals surface area contributed by atoms with Gasteiger partial charge in [-0.05, 0) is 85.4 Å². The Morgan fingerprint density at radius 3 is 2.52 bits per heavy atom. The first-order chi connectivity index (χ1) is 22.3. The summed E-state index contributed by atoms with van der Waals surface area (Å²) < 4.78 is 5.45. The number of ether oxygens (including phenoxy) is 1. The molecule has 2 aliphatic rings. The van der Waals surface area contributed by atoms with Crippen LogP contribution in [0.15, 0.2) is 66.7 Å². The molecule has 8 nitrogen and oxygen atoms in total. The highest BCUT2D eigenvalue weighted by molar-refractivity contribution is 6.33. The quantitative estimate of drug-likeness (QED) is 0.164. The molecule has 0 aliphatic carbocycles. The van der Waals surface area contributed by atoms with Crippen molar-refractivity contribution in [3.63, 3.8) is 0 Å². The van der Waals surface area contributed by atoms with E-state index in [0.717, 1.165) is 74.1 Å². The third kappa shape index (κ3) is 8.28. The molecule has 2 unspecified atom stereocenters. The molecule has 0 saturated carbocycles. The van der Waals surface area contributed by atoms with Gasteiger partial charge in [0.1, 0.15) is 0 Å². The fraction of sp³-hybridized carbons (Fsp3) is 0.459. The zero-order valence-corrected chi connectivity index (χ0v) is 27.4. The van der Waals surface area contributed by atoms with E-state index in [1.807, 2.05) is 59.5 Å². The van der Waals surface area contributed by atoms with E-state index in [4.69, 9.17) is 21.4 Å². The molecule has 2 fully saturated rings. The average Bonchev–Trinajstić information content (AvgIpc) is 3.09. The molecular formula is C37H46ClN3O5. The van der Waals surface area contributed by atoms with Crippen LogP contribution in [0.25, 0.3) is 11.1 Å². The number of halogens is 1. The molecule has 2 saturated heterocycles. The Morgan fingerprint density at radius 2 is 1.78 bits per heavy atom. The fourth-order valence-electron chi connectivity index (χ4n) is 6.90. The van der Waals surface area contributed by atoms with Gasteiger partial charge in [0.05, 0.1) is 5.60 Å². The van der Waals surface area contributed by atoms with Crippen LogP contribution in [0.1, 0.15) is 72.5 Å². The van der Waals surface area contributed by atoms with Gasteiger partial charge in [0, 0.05) is 67.5 Å². The van der Waals surface area contributed by atoms with Crippen molar-refractivity contribution in [2.45, 2.75) is 70.1 Å². The zero-order valence-electron chi connectivity index (χ0n) is 26.6. The van der Waals surface area contributed by atoms with Crippen molar-refractivity contribution in [3.05, 3.63) is 94.0 Å². The second kappa shape index (κ2) is 15.9. The van der Waals surface area contributed by atoms with Gasteiger partial charge in [-0.1, -0.05) is 67.1 Å². The first-order valence-corrected chi connectivity index (χ1v) is 16.9. The number of piperidine rings is 1. The molecule has 0 radical (unpaired) electrons.